The highest BCUT2D eigenvalue weighted by Gasteiger charge is 2.37. The van der Waals surface area contributed by atoms with Crippen molar-refractivity contribution in [3.8, 4) is 11.3 Å². The molecule has 6 rings (SSSR count). The first-order valence-corrected chi connectivity index (χ1v) is 14.4. The Kier molecular flexibility index (Phi) is 6.16. The predicted molar refractivity (Wildman–Crippen MR) is 155 cm³/mol. The van der Waals surface area contributed by atoms with E-state index in [9.17, 15) is 8.42 Å². The van der Waals surface area contributed by atoms with Crippen molar-refractivity contribution < 1.29 is 8.42 Å². The van der Waals surface area contributed by atoms with E-state index in [0.717, 1.165) is 63.0 Å². The summed E-state index contributed by atoms with van der Waals surface area (Å²) in [5, 5.41) is 1.13. The number of H-pyrrole nitrogens is 1. The van der Waals surface area contributed by atoms with Gasteiger partial charge in [-0.25, -0.2) is 8.42 Å². The van der Waals surface area contributed by atoms with Gasteiger partial charge in [0.2, 0.25) is 0 Å². The van der Waals surface area contributed by atoms with Crippen molar-refractivity contribution in [1.82, 2.24) is 9.29 Å². The Morgan fingerprint density at radius 1 is 0.763 bits per heavy atom. The minimum absolute atomic E-state index is 0.0956. The molecule has 1 atom stereocenters. The molecular formula is C33H30N2O2S. The summed E-state index contributed by atoms with van der Waals surface area (Å²) >= 11 is 0. The molecule has 190 valence electrons. The van der Waals surface area contributed by atoms with Crippen LogP contribution in [0.3, 0.4) is 0 Å². The first-order valence-electron chi connectivity index (χ1n) is 13.0. The number of rotatable bonds is 6. The number of likely N-dealkylation sites (N-methyl/N-ethyl adjacent to an activating group) is 1. The van der Waals surface area contributed by atoms with Crippen LogP contribution in [0.25, 0.3) is 27.7 Å². The molecule has 1 aromatic heterocycles. The summed E-state index contributed by atoms with van der Waals surface area (Å²) in [5.41, 5.74) is 8.37. The monoisotopic (exact) mass is 518 g/mol. The molecule has 5 heteroatoms. The Balaban J connectivity index is 1.59. The third-order valence-electron chi connectivity index (χ3n) is 7.62. The number of aryl methyl sites for hydroxylation is 1. The van der Waals surface area contributed by atoms with Gasteiger partial charge in [-0.15, -0.1) is 0 Å². The number of para-hydroxylation sites is 1. The van der Waals surface area contributed by atoms with Gasteiger partial charge in [0, 0.05) is 29.6 Å². The zero-order chi connectivity index (χ0) is 26.3. The van der Waals surface area contributed by atoms with Gasteiger partial charge in [-0.2, -0.15) is 0 Å². The predicted octanol–water partition coefficient (Wildman–Crippen LogP) is 7.75. The highest BCUT2D eigenvalue weighted by atomic mass is 32.2. The van der Waals surface area contributed by atoms with Crippen molar-refractivity contribution in [1.29, 1.82) is 0 Å². The lowest BCUT2D eigenvalue weighted by Crippen LogP contribution is -2.29. The van der Waals surface area contributed by atoms with E-state index in [1.54, 1.807) is 19.2 Å². The number of sulfonamides is 1. The number of aromatic amines is 1. The molecular weight excluding hydrogens is 488 g/mol. The number of hydrogen-bond acceptors (Lipinski definition) is 2. The summed E-state index contributed by atoms with van der Waals surface area (Å²) in [5.74, 6) is -0.0956. The van der Waals surface area contributed by atoms with Gasteiger partial charge in [-0.05, 0) is 60.2 Å². The lowest BCUT2D eigenvalue weighted by Gasteiger charge is -2.28. The molecule has 4 aromatic carbocycles. The van der Waals surface area contributed by atoms with Crippen molar-refractivity contribution in [2.75, 3.05) is 7.05 Å². The fraction of sp³-hybridized carbons (Fsp3) is 0.152. The molecule has 1 aliphatic carbocycles. The molecule has 38 heavy (non-hydrogen) atoms. The summed E-state index contributed by atoms with van der Waals surface area (Å²) in [4.78, 5) is 3.96. The molecule has 4 nitrogen and oxygen atoms in total. The van der Waals surface area contributed by atoms with Crippen LogP contribution in [-0.4, -0.2) is 24.8 Å². The fourth-order valence-electron chi connectivity index (χ4n) is 5.74. The van der Waals surface area contributed by atoms with Crippen LogP contribution in [0.4, 0.5) is 0 Å². The third-order valence-corrected chi connectivity index (χ3v) is 9.41. The van der Waals surface area contributed by atoms with Crippen LogP contribution in [0.15, 0.2) is 120 Å². The third kappa shape index (κ3) is 4.13. The quantitative estimate of drug-likeness (QED) is 0.250. The number of nitrogens with one attached hydrogen (secondary N) is 1. The van der Waals surface area contributed by atoms with E-state index in [4.69, 9.17) is 0 Å². The maximum absolute atomic E-state index is 14.0. The maximum atomic E-state index is 14.0. The second kappa shape index (κ2) is 9.66. The second-order valence-corrected chi connectivity index (χ2v) is 11.9. The van der Waals surface area contributed by atoms with E-state index in [-0.39, 0.29) is 5.92 Å². The molecule has 1 N–H and O–H groups in total. The molecule has 1 heterocycles. The number of nitrogens with zero attached hydrogens (tertiary/aromatic N) is 1. The molecule has 0 unspecified atom stereocenters. The van der Waals surface area contributed by atoms with Crippen molar-refractivity contribution in [3.05, 3.63) is 132 Å². The van der Waals surface area contributed by atoms with E-state index in [0.29, 0.717) is 4.90 Å². The average molecular weight is 519 g/mol. The van der Waals surface area contributed by atoms with E-state index in [1.165, 1.54) is 4.31 Å². The van der Waals surface area contributed by atoms with E-state index in [1.807, 2.05) is 61.5 Å². The molecule has 1 aliphatic rings. The summed E-state index contributed by atoms with van der Waals surface area (Å²) in [7, 11) is -2.06. The molecule has 0 saturated heterocycles. The Morgan fingerprint density at radius 2 is 1.37 bits per heavy atom. The Labute approximate surface area is 224 Å². The SMILES string of the molecule is Cc1ccc(S(=O)(=O)N(C)C2=C(c3ccccc3)CC[C@@H]2c2c(-c3ccccc3)[nH]c3ccccc23)cc1. The standard InChI is InChI=1S/C33H30N2O2S/c1-23-17-19-26(20-18-23)38(36,37)35(2)33-27(24-11-5-3-6-12-24)21-22-29(33)31-28-15-9-10-16-30(28)34-32(31)25-13-7-4-8-14-25/h3-20,29,34H,21-22H2,1-2H3/t29-/m1/s1. The molecule has 0 aliphatic heterocycles. The molecule has 0 amide bonds. The van der Waals surface area contributed by atoms with Crippen molar-refractivity contribution in [2.24, 2.45) is 0 Å². The molecule has 0 bridgehead atoms. The van der Waals surface area contributed by atoms with Crippen LogP contribution in [-0.2, 0) is 10.0 Å². The van der Waals surface area contributed by atoms with E-state index < -0.39 is 10.0 Å². The van der Waals surface area contributed by atoms with E-state index in [2.05, 4.69) is 47.4 Å². The fourth-order valence-corrected chi connectivity index (χ4v) is 7.03. The van der Waals surface area contributed by atoms with Crippen molar-refractivity contribution in [2.45, 2.75) is 30.6 Å². The number of benzene rings is 4. The van der Waals surface area contributed by atoms with Crippen LogP contribution in [0, 0.1) is 6.92 Å². The van der Waals surface area contributed by atoms with Crippen molar-refractivity contribution >= 4 is 26.5 Å². The van der Waals surface area contributed by atoms with Gasteiger partial charge in [0.1, 0.15) is 0 Å². The van der Waals surface area contributed by atoms with Crippen LogP contribution < -0.4 is 0 Å². The highest BCUT2D eigenvalue weighted by Crippen LogP contribution is 2.50. The Morgan fingerprint density at radius 3 is 2.05 bits per heavy atom. The highest BCUT2D eigenvalue weighted by molar-refractivity contribution is 7.89. The molecule has 0 saturated carbocycles. The first-order chi connectivity index (χ1) is 18.4. The van der Waals surface area contributed by atoms with Gasteiger partial charge < -0.3 is 4.98 Å². The second-order valence-electron chi connectivity index (χ2n) is 9.93. The molecule has 5 aromatic rings. The molecule has 0 fully saturated rings. The number of allylic oxidation sites excluding steroid dienone is 2. The summed E-state index contributed by atoms with van der Waals surface area (Å²) < 4.78 is 29.6. The van der Waals surface area contributed by atoms with E-state index >= 15 is 0 Å². The zero-order valence-corrected chi connectivity index (χ0v) is 22.4. The maximum Gasteiger partial charge on any atom is 0.263 e. The minimum Gasteiger partial charge on any atom is -0.354 e. The van der Waals surface area contributed by atoms with Crippen LogP contribution >= 0.6 is 0 Å². The summed E-state index contributed by atoms with van der Waals surface area (Å²) in [6.07, 6.45) is 1.63. The number of fused-ring (bicyclic) bond motifs is 1. The first kappa shape index (κ1) is 24.3. The zero-order valence-electron chi connectivity index (χ0n) is 21.6. The number of aromatic nitrogens is 1. The van der Waals surface area contributed by atoms with Gasteiger partial charge in [0.25, 0.3) is 10.0 Å². The number of hydrogen-bond donors (Lipinski definition) is 1. The van der Waals surface area contributed by atoms with Gasteiger partial charge in [0.15, 0.2) is 0 Å². The lowest BCUT2D eigenvalue weighted by atomic mass is 9.90. The van der Waals surface area contributed by atoms with Gasteiger partial charge in [0.05, 0.1) is 10.6 Å². The van der Waals surface area contributed by atoms with Crippen LogP contribution in [0.5, 0.6) is 0 Å². The van der Waals surface area contributed by atoms with Crippen LogP contribution in [0.2, 0.25) is 0 Å². The average Bonchev–Trinajstić information content (AvgIpc) is 3.55. The smallest absolute Gasteiger partial charge is 0.263 e. The summed E-state index contributed by atoms with van der Waals surface area (Å²) in [6, 6.07) is 35.9. The molecule has 0 spiro atoms. The Bertz CT molecular complexity index is 1740. The Hall–Kier alpha value is -4.09. The summed E-state index contributed by atoms with van der Waals surface area (Å²) in [6.45, 7) is 1.96. The molecule has 0 radical (unpaired) electrons. The normalized spacial score (nSPS) is 15.8. The largest absolute Gasteiger partial charge is 0.354 e. The lowest BCUT2D eigenvalue weighted by molar-refractivity contribution is 0.505. The van der Waals surface area contributed by atoms with Crippen molar-refractivity contribution in [3.63, 3.8) is 0 Å². The van der Waals surface area contributed by atoms with Gasteiger partial charge in [-0.1, -0.05) is 96.6 Å². The van der Waals surface area contributed by atoms with Gasteiger partial charge in [-0.3, -0.25) is 4.31 Å². The minimum atomic E-state index is -3.77. The van der Waals surface area contributed by atoms with Crippen LogP contribution in [0.1, 0.15) is 35.4 Å². The van der Waals surface area contributed by atoms with Gasteiger partial charge >= 0.3 is 0 Å². The topological polar surface area (TPSA) is 53.2 Å².